The number of fused-ring (bicyclic) bond motifs is 1. The lowest BCUT2D eigenvalue weighted by Crippen LogP contribution is -2.57. The van der Waals surface area contributed by atoms with Gasteiger partial charge in [0.25, 0.3) is 0 Å². The minimum absolute atomic E-state index is 0.0103. The van der Waals surface area contributed by atoms with Crippen LogP contribution in [0.2, 0.25) is 0 Å². The Bertz CT molecular complexity index is 1180. The number of amides is 3. The summed E-state index contributed by atoms with van der Waals surface area (Å²) in [6, 6.07) is 6.71. The lowest BCUT2D eigenvalue weighted by Gasteiger charge is -2.40. The number of likely N-dealkylation sites (tertiary alicyclic amines) is 1. The maximum Gasteiger partial charge on any atom is 0.247 e. The van der Waals surface area contributed by atoms with Gasteiger partial charge in [0.1, 0.15) is 11.8 Å². The van der Waals surface area contributed by atoms with E-state index in [1.54, 1.807) is 33.7 Å². The van der Waals surface area contributed by atoms with Crippen molar-refractivity contribution in [1.29, 1.82) is 0 Å². The van der Waals surface area contributed by atoms with E-state index in [-0.39, 0.29) is 40.4 Å². The fourth-order valence-electron chi connectivity index (χ4n) is 7.20. The first kappa shape index (κ1) is 33.6. The number of alkyl halides is 1. The second-order valence-corrected chi connectivity index (χ2v) is 14.4. The van der Waals surface area contributed by atoms with Crippen molar-refractivity contribution in [2.75, 3.05) is 37.7 Å². The van der Waals surface area contributed by atoms with Crippen molar-refractivity contribution in [3.63, 3.8) is 0 Å². The van der Waals surface area contributed by atoms with E-state index in [1.807, 2.05) is 36.1 Å². The number of hydrogen-bond acceptors (Lipinski definition) is 6. The van der Waals surface area contributed by atoms with Crippen molar-refractivity contribution in [1.82, 2.24) is 9.80 Å². The van der Waals surface area contributed by atoms with E-state index in [0.717, 1.165) is 18.6 Å². The van der Waals surface area contributed by atoms with Crippen LogP contribution in [0, 0.1) is 11.8 Å². The zero-order valence-corrected chi connectivity index (χ0v) is 28.0. The standard InChI is InChI=1S/C33H46BrN3O5S/c1-6-12-22(5)35(17-7-2)32(41)29-33-21-25(34)28(43-33)26(27(33)31(40)37(29)19-10-11-20-38)30(39)36(18-8-3)23-13-15-24(16-14-23)42-9-4/h7-8,13-16,22,25-29,38H,2-3,6,9-12,17-21H2,1,4-5H3/t22?,25?,26-,27-,28-,29?,33?/m0/s1. The Labute approximate surface area is 269 Å². The number of benzene rings is 1. The fourth-order valence-corrected chi connectivity index (χ4v) is 10.8. The third-order valence-corrected chi connectivity index (χ3v) is 12.2. The molecule has 3 saturated heterocycles. The minimum atomic E-state index is -0.726. The van der Waals surface area contributed by atoms with Gasteiger partial charge in [-0.1, -0.05) is 41.4 Å². The molecule has 1 aromatic carbocycles. The molecule has 3 aliphatic heterocycles. The van der Waals surface area contributed by atoms with E-state index in [9.17, 15) is 19.5 Å². The van der Waals surface area contributed by atoms with Crippen molar-refractivity contribution in [3.05, 3.63) is 49.6 Å². The third-order valence-electron chi connectivity index (χ3n) is 9.00. The van der Waals surface area contributed by atoms with Gasteiger partial charge in [0.15, 0.2) is 0 Å². The second-order valence-electron chi connectivity index (χ2n) is 11.7. The quantitative estimate of drug-likeness (QED) is 0.150. The smallest absolute Gasteiger partial charge is 0.247 e. The van der Waals surface area contributed by atoms with Gasteiger partial charge in [-0.05, 0) is 63.8 Å². The van der Waals surface area contributed by atoms with Crippen LogP contribution in [0.3, 0.4) is 0 Å². The summed E-state index contributed by atoms with van der Waals surface area (Å²) in [5.41, 5.74) is 0.713. The van der Waals surface area contributed by atoms with Crippen LogP contribution in [0.5, 0.6) is 5.75 Å². The number of carbonyl (C=O) groups is 3. The zero-order valence-electron chi connectivity index (χ0n) is 25.6. The number of anilines is 1. The van der Waals surface area contributed by atoms with Gasteiger partial charge in [-0.3, -0.25) is 14.4 Å². The van der Waals surface area contributed by atoms with E-state index < -0.39 is 22.6 Å². The topological polar surface area (TPSA) is 90.4 Å². The van der Waals surface area contributed by atoms with Gasteiger partial charge in [0, 0.05) is 48.0 Å². The molecule has 3 amide bonds. The summed E-state index contributed by atoms with van der Waals surface area (Å²) < 4.78 is 4.87. The number of nitrogens with zero attached hydrogens (tertiary/aromatic N) is 3. The van der Waals surface area contributed by atoms with Gasteiger partial charge in [0.2, 0.25) is 17.7 Å². The highest BCUT2D eigenvalue weighted by Gasteiger charge is 2.76. The lowest BCUT2D eigenvalue weighted by molar-refractivity contribution is -0.143. The predicted molar refractivity (Wildman–Crippen MR) is 177 cm³/mol. The van der Waals surface area contributed by atoms with Crippen LogP contribution in [0.25, 0.3) is 0 Å². The van der Waals surface area contributed by atoms with Crippen LogP contribution in [0.1, 0.15) is 52.9 Å². The van der Waals surface area contributed by atoms with E-state index in [0.29, 0.717) is 51.2 Å². The molecule has 1 N–H and O–H groups in total. The largest absolute Gasteiger partial charge is 0.494 e. The highest BCUT2D eigenvalue weighted by Crippen LogP contribution is 2.68. The molecule has 4 rings (SSSR count). The summed E-state index contributed by atoms with van der Waals surface area (Å²) in [6.07, 6.45) is 6.97. The Hall–Kier alpha value is -2.30. The first-order valence-corrected chi connectivity index (χ1v) is 17.3. The molecule has 0 saturated carbocycles. The first-order chi connectivity index (χ1) is 20.7. The summed E-state index contributed by atoms with van der Waals surface area (Å²) in [6.45, 7) is 15.5. The van der Waals surface area contributed by atoms with Crippen LogP contribution in [-0.2, 0) is 14.4 Å². The molecule has 236 valence electrons. The molecule has 4 unspecified atom stereocenters. The summed E-state index contributed by atoms with van der Waals surface area (Å²) in [5, 5.41) is 9.34. The average Bonchev–Trinajstić information content (AvgIpc) is 3.58. The summed E-state index contributed by atoms with van der Waals surface area (Å²) >= 11 is 5.53. The number of unbranched alkanes of at least 4 members (excludes halogenated alkanes) is 1. The molecule has 7 atom stereocenters. The predicted octanol–water partition coefficient (Wildman–Crippen LogP) is 5.04. The Morgan fingerprint density at radius 2 is 1.88 bits per heavy atom. The Kier molecular flexibility index (Phi) is 11.4. The van der Waals surface area contributed by atoms with Gasteiger partial charge in [-0.25, -0.2) is 0 Å². The van der Waals surface area contributed by atoms with Crippen molar-refractivity contribution < 1.29 is 24.2 Å². The monoisotopic (exact) mass is 675 g/mol. The molecule has 8 nitrogen and oxygen atoms in total. The van der Waals surface area contributed by atoms with Crippen LogP contribution >= 0.6 is 27.7 Å². The van der Waals surface area contributed by atoms with E-state index in [1.165, 1.54) is 0 Å². The lowest BCUT2D eigenvalue weighted by atomic mass is 9.70. The molecule has 10 heteroatoms. The number of aliphatic hydroxyl groups excluding tert-OH is 1. The highest BCUT2D eigenvalue weighted by atomic mass is 79.9. The molecule has 1 aromatic rings. The van der Waals surface area contributed by atoms with E-state index in [2.05, 4.69) is 42.9 Å². The number of halogens is 1. The molecule has 43 heavy (non-hydrogen) atoms. The number of carbonyl (C=O) groups excluding carboxylic acids is 3. The number of rotatable bonds is 16. The van der Waals surface area contributed by atoms with Crippen LogP contribution < -0.4 is 9.64 Å². The van der Waals surface area contributed by atoms with Gasteiger partial charge < -0.3 is 24.5 Å². The number of ether oxygens (including phenoxy) is 1. The van der Waals surface area contributed by atoms with Crippen molar-refractivity contribution in [2.45, 2.75) is 79.8 Å². The van der Waals surface area contributed by atoms with E-state index in [4.69, 9.17) is 4.74 Å². The molecule has 0 radical (unpaired) electrons. The number of hydrogen-bond donors (Lipinski definition) is 1. The van der Waals surface area contributed by atoms with Gasteiger partial charge in [-0.15, -0.1) is 24.9 Å². The van der Waals surface area contributed by atoms with Crippen molar-refractivity contribution >= 4 is 51.1 Å². The molecule has 3 aliphatic rings. The second kappa shape index (κ2) is 14.7. The summed E-state index contributed by atoms with van der Waals surface area (Å²) in [5.74, 6) is -0.821. The van der Waals surface area contributed by atoms with Crippen LogP contribution in [0.15, 0.2) is 49.6 Å². The molecule has 2 bridgehead atoms. The Balaban J connectivity index is 1.75. The summed E-state index contributed by atoms with van der Waals surface area (Å²) in [7, 11) is 0. The van der Waals surface area contributed by atoms with Gasteiger partial charge in [-0.2, -0.15) is 0 Å². The molecular weight excluding hydrogens is 630 g/mol. The summed E-state index contributed by atoms with van der Waals surface area (Å²) in [4.78, 5) is 48.8. The average molecular weight is 677 g/mol. The maximum absolute atomic E-state index is 14.6. The molecule has 3 fully saturated rings. The molecule has 0 aromatic heterocycles. The zero-order chi connectivity index (χ0) is 31.3. The number of aliphatic hydroxyl groups is 1. The Morgan fingerprint density at radius 3 is 2.49 bits per heavy atom. The van der Waals surface area contributed by atoms with Crippen LogP contribution in [0.4, 0.5) is 5.69 Å². The van der Waals surface area contributed by atoms with E-state index >= 15 is 0 Å². The highest BCUT2D eigenvalue weighted by molar-refractivity contribution is 9.09. The van der Waals surface area contributed by atoms with Gasteiger partial charge >= 0.3 is 0 Å². The minimum Gasteiger partial charge on any atom is -0.494 e. The van der Waals surface area contributed by atoms with Crippen molar-refractivity contribution in [3.8, 4) is 5.75 Å². The molecule has 3 heterocycles. The third kappa shape index (κ3) is 6.29. The SMILES string of the molecule is C=CCN(C(=O)[C@H]1[C@H]2C(=O)N(CCCCO)C(C(=O)N(CC=C)C(C)CCC)C23CC(Br)[C@@H]1S3)c1ccc(OCC)cc1. The normalized spacial score (nSPS) is 28.0. The fraction of sp³-hybridized carbons (Fsp3) is 0.606. The van der Waals surface area contributed by atoms with Gasteiger partial charge in [0.05, 0.1) is 23.2 Å². The van der Waals surface area contributed by atoms with Crippen molar-refractivity contribution in [2.24, 2.45) is 11.8 Å². The Morgan fingerprint density at radius 1 is 1.19 bits per heavy atom. The molecular formula is C33H46BrN3O5S. The number of thioether (sulfide) groups is 1. The molecule has 1 spiro atoms. The first-order valence-electron chi connectivity index (χ1n) is 15.5. The maximum atomic E-state index is 14.6. The van der Waals surface area contributed by atoms with Crippen LogP contribution in [-0.4, -0.2) is 92.4 Å². The molecule has 0 aliphatic carbocycles.